The van der Waals surface area contributed by atoms with Crippen LogP contribution < -0.4 is 5.73 Å². The van der Waals surface area contributed by atoms with Gasteiger partial charge in [0.05, 0.1) is 6.04 Å². The van der Waals surface area contributed by atoms with Crippen molar-refractivity contribution in [1.29, 1.82) is 0 Å². The number of hydrogen-bond donors (Lipinski definition) is 1. The van der Waals surface area contributed by atoms with E-state index in [0.717, 1.165) is 0 Å². The molecule has 3 nitrogen and oxygen atoms in total. The summed E-state index contributed by atoms with van der Waals surface area (Å²) in [6.45, 7) is 3.27. The van der Waals surface area contributed by atoms with Crippen molar-refractivity contribution < 1.29 is 4.79 Å². The molecule has 0 saturated heterocycles. The predicted molar refractivity (Wildman–Crippen MR) is 80.8 cm³/mol. The third-order valence-electron chi connectivity index (χ3n) is 3.42. The minimum absolute atomic E-state index is 0.295. The first-order valence-corrected chi connectivity index (χ1v) is 6.78. The normalized spacial score (nSPS) is 12.3. The molecule has 0 aliphatic heterocycles. The molecule has 0 heterocycles. The van der Waals surface area contributed by atoms with Gasteiger partial charge in [-0.15, -0.1) is 0 Å². The molecule has 1 atom stereocenters. The molecule has 2 aromatic carbocycles. The van der Waals surface area contributed by atoms with Crippen molar-refractivity contribution in [1.82, 2.24) is 4.90 Å². The first-order chi connectivity index (χ1) is 9.66. The van der Waals surface area contributed by atoms with Gasteiger partial charge in [0.1, 0.15) is 0 Å². The number of nitrogens with zero attached hydrogens (tertiary/aromatic N) is 1. The van der Waals surface area contributed by atoms with Gasteiger partial charge in [-0.05, 0) is 18.1 Å². The number of benzene rings is 2. The highest BCUT2D eigenvalue weighted by molar-refractivity contribution is 5.79. The molecule has 2 rings (SSSR count). The topological polar surface area (TPSA) is 46.3 Å². The van der Waals surface area contributed by atoms with Crippen molar-refractivity contribution in [3.63, 3.8) is 0 Å². The zero-order valence-electron chi connectivity index (χ0n) is 11.7. The minimum atomic E-state index is -0.296. The lowest BCUT2D eigenvalue weighted by atomic mass is 10.1. The van der Waals surface area contributed by atoms with E-state index in [1.54, 1.807) is 0 Å². The molecule has 20 heavy (non-hydrogen) atoms. The number of carbonyl (C=O) groups is 1. The van der Waals surface area contributed by atoms with Crippen molar-refractivity contribution >= 4 is 5.91 Å². The van der Waals surface area contributed by atoms with Crippen LogP contribution in [0.5, 0.6) is 0 Å². The Morgan fingerprint density at radius 3 is 1.70 bits per heavy atom. The number of rotatable bonds is 6. The van der Waals surface area contributed by atoms with E-state index in [1.165, 1.54) is 11.1 Å². The Hall–Kier alpha value is -2.13. The van der Waals surface area contributed by atoms with Gasteiger partial charge in [-0.25, -0.2) is 0 Å². The van der Waals surface area contributed by atoms with E-state index in [9.17, 15) is 4.79 Å². The largest absolute Gasteiger partial charge is 0.368 e. The smallest absolute Gasteiger partial charge is 0.234 e. The zero-order chi connectivity index (χ0) is 14.4. The maximum atomic E-state index is 11.5. The lowest BCUT2D eigenvalue weighted by molar-refractivity contribution is -0.123. The molecule has 0 radical (unpaired) electrons. The van der Waals surface area contributed by atoms with Crippen LogP contribution in [0.3, 0.4) is 0 Å². The highest BCUT2D eigenvalue weighted by atomic mass is 16.1. The molecule has 1 amide bonds. The monoisotopic (exact) mass is 268 g/mol. The van der Waals surface area contributed by atoms with Gasteiger partial charge in [-0.3, -0.25) is 9.69 Å². The molecule has 0 aliphatic carbocycles. The minimum Gasteiger partial charge on any atom is -0.368 e. The first-order valence-electron chi connectivity index (χ1n) is 6.78. The summed E-state index contributed by atoms with van der Waals surface area (Å²) >= 11 is 0. The number of nitrogens with two attached hydrogens (primary N) is 1. The standard InChI is InChI=1S/C17H20N2O/c1-14(17(18)20)19(12-15-8-4-2-5-9-15)13-16-10-6-3-7-11-16/h2-11,14H,12-13H2,1H3,(H2,18,20)/t14-/m0/s1. The number of hydrogen-bond acceptors (Lipinski definition) is 2. The van der Waals surface area contributed by atoms with E-state index >= 15 is 0 Å². The van der Waals surface area contributed by atoms with Crippen LogP contribution in [-0.4, -0.2) is 16.8 Å². The Labute approximate surface area is 120 Å². The van der Waals surface area contributed by atoms with Gasteiger partial charge >= 0.3 is 0 Å². The Kier molecular flexibility index (Phi) is 4.91. The SMILES string of the molecule is C[C@@H](C(N)=O)N(Cc1ccccc1)Cc1ccccc1. The summed E-state index contributed by atoms with van der Waals surface area (Å²) in [4.78, 5) is 13.6. The summed E-state index contributed by atoms with van der Waals surface area (Å²) < 4.78 is 0. The van der Waals surface area contributed by atoms with E-state index < -0.39 is 0 Å². The summed E-state index contributed by atoms with van der Waals surface area (Å²) in [7, 11) is 0. The van der Waals surface area contributed by atoms with Gasteiger partial charge < -0.3 is 5.73 Å². The second kappa shape index (κ2) is 6.87. The second-order valence-electron chi connectivity index (χ2n) is 4.95. The highest BCUT2D eigenvalue weighted by Gasteiger charge is 2.19. The van der Waals surface area contributed by atoms with Gasteiger partial charge in [0.15, 0.2) is 0 Å². The van der Waals surface area contributed by atoms with Crippen LogP contribution in [0.2, 0.25) is 0 Å². The van der Waals surface area contributed by atoms with E-state index in [0.29, 0.717) is 13.1 Å². The molecule has 0 unspecified atom stereocenters. The van der Waals surface area contributed by atoms with E-state index in [-0.39, 0.29) is 11.9 Å². The van der Waals surface area contributed by atoms with Crippen LogP contribution >= 0.6 is 0 Å². The molecule has 3 heteroatoms. The van der Waals surface area contributed by atoms with Gasteiger partial charge in [0, 0.05) is 13.1 Å². The van der Waals surface area contributed by atoms with E-state index in [4.69, 9.17) is 5.73 Å². The van der Waals surface area contributed by atoms with Crippen LogP contribution in [0, 0.1) is 0 Å². The summed E-state index contributed by atoms with van der Waals surface area (Å²) in [6.07, 6.45) is 0. The van der Waals surface area contributed by atoms with Crippen molar-refractivity contribution in [2.75, 3.05) is 0 Å². The average Bonchev–Trinajstić information content (AvgIpc) is 2.48. The lowest BCUT2D eigenvalue weighted by Crippen LogP contribution is -2.41. The van der Waals surface area contributed by atoms with Gasteiger partial charge in [-0.2, -0.15) is 0 Å². The number of primary amides is 1. The number of carbonyl (C=O) groups excluding carboxylic acids is 1. The molecule has 0 saturated carbocycles. The summed E-state index contributed by atoms with van der Waals surface area (Å²) in [5, 5.41) is 0. The molecule has 0 spiro atoms. The third kappa shape index (κ3) is 3.93. The summed E-state index contributed by atoms with van der Waals surface area (Å²) in [5.74, 6) is -0.295. The van der Waals surface area contributed by atoms with Crippen LogP contribution in [0.15, 0.2) is 60.7 Å². The Morgan fingerprint density at radius 1 is 0.950 bits per heavy atom. The molecule has 0 aromatic heterocycles. The first kappa shape index (κ1) is 14.3. The molecule has 0 fully saturated rings. The maximum Gasteiger partial charge on any atom is 0.234 e. The third-order valence-corrected chi connectivity index (χ3v) is 3.42. The zero-order valence-corrected chi connectivity index (χ0v) is 11.7. The van der Waals surface area contributed by atoms with Crippen molar-refractivity contribution in [2.45, 2.75) is 26.1 Å². The fourth-order valence-corrected chi connectivity index (χ4v) is 2.15. The van der Waals surface area contributed by atoms with Crippen molar-refractivity contribution in [3.8, 4) is 0 Å². The van der Waals surface area contributed by atoms with Crippen LogP contribution in [-0.2, 0) is 17.9 Å². The van der Waals surface area contributed by atoms with Crippen molar-refractivity contribution in [2.24, 2.45) is 5.73 Å². The Bertz CT molecular complexity index is 498. The van der Waals surface area contributed by atoms with E-state index in [1.807, 2.05) is 43.3 Å². The molecule has 0 aliphatic rings. The quantitative estimate of drug-likeness (QED) is 0.875. The Balaban J connectivity index is 2.14. The average molecular weight is 268 g/mol. The number of amides is 1. The van der Waals surface area contributed by atoms with Crippen LogP contribution in [0.4, 0.5) is 0 Å². The van der Waals surface area contributed by atoms with Gasteiger partial charge in [0.2, 0.25) is 5.91 Å². The predicted octanol–water partition coefficient (Wildman–Crippen LogP) is 2.56. The summed E-state index contributed by atoms with van der Waals surface area (Å²) in [6, 6.07) is 19.9. The fourth-order valence-electron chi connectivity index (χ4n) is 2.15. The molecule has 0 bridgehead atoms. The van der Waals surface area contributed by atoms with E-state index in [2.05, 4.69) is 29.2 Å². The van der Waals surface area contributed by atoms with Gasteiger partial charge in [-0.1, -0.05) is 60.7 Å². The molecular weight excluding hydrogens is 248 g/mol. The van der Waals surface area contributed by atoms with Crippen molar-refractivity contribution in [3.05, 3.63) is 71.8 Å². The second-order valence-corrected chi connectivity index (χ2v) is 4.95. The summed E-state index contributed by atoms with van der Waals surface area (Å²) in [5.41, 5.74) is 7.82. The Morgan fingerprint density at radius 2 is 1.35 bits per heavy atom. The molecule has 2 aromatic rings. The molecule has 104 valence electrons. The van der Waals surface area contributed by atoms with Gasteiger partial charge in [0.25, 0.3) is 0 Å². The molecule has 2 N–H and O–H groups in total. The molecular formula is C17H20N2O. The van der Waals surface area contributed by atoms with Crippen LogP contribution in [0.25, 0.3) is 0 Å². The maximum absolute atomic E-state index is 11.5. The fraction of sp³-hybridized carbons (Fsp3) is 0.235. The highest BCUT2D eigenvalue weighted by Crippen LogP contribution is 2.13. The lowest BCUT2D eigenvalue weighted by Gasteiger charge is -2.27. The van der Waals surface area contributed by atoms with Crippen LogP contribution in [0.1, 0.15) is 18.1 Å².